The Balaban J connectivity index is 1.90. The molecule has 1 amide bonds. The lowest BCUT2D eigenvalue weighted by atomic mass is 9.98. The summed E-state index contributed by atoms with van der Waals surface area (Å²) < 4.78 is 13.6. The van der Waals surface area contributed by atoms with E-state index in [-0.39, 0.29) is 11.6 Å². The van der Waals surface area contributed by atoms with E-state index in [0.717, 1.165) is 24.1 Å². The molecule has 1 aromatic heterocycles. The van der Waals surface area contributed by atoms with Crippen LogP contribution in [0.4, 0.5) is 10.1 Å². The molecule has 0 saturated heterocycles. The molecule has 2 aromatic rings. The second-order valence-corrected chi connectivity index (χ2v) is 4.69. The summed E-state index contributed by atoms with van der Waals surface area (Å²) in [6.07, 6.45) is 4.08. The highest BCUT2D eigenvalue weighted by Gasteiger charge is 2.18. The lowest BCUT2D eigenvalue weighted by Gasteiger charge is -2.19. The number of carbonyl (C=O) groups is 1. The van der Waals surface area contributed by atoms with Gasteiger partial charge in [0, 0.05) is 18.9 Å². The molecule has 0 spiro atoms. The molecule has 4 nitrogen and oxygen atoms in total. The number of nitrogens with one attached hydrogen (secondary N) is 2. The fraction of sp³-hybridized carbons (Fsp3) is 0.200. The second-order valence-electron chi connectivity index (χ2n) is 4.69. The van der Waals surface area contributed by atoms with Gasteiger partial charge in [-0.25, -0.2) is 4.39 Å². The predicted molar refractivity (Wildman–Crippen MR) is 74.0 cm³/mol. The maximum absolute atomic E-state index is 13.6. The Labute approximate surface area is 116 Å². The van der Waals surface area contributed by atoms with Gasteiger partial charge in [-0.1, -0.05) is 12.1 Å². The molecule has 1 aromatic carbocycles. The van der Waals surface area contributed by atoms with Gasteiger partial charge >= 0.3 is 0 Å². The normalized spacial score (nSPS) is 13.7. The molecule has 0 fully saturated rings. The van der Waals surface area contributed by atoms with E-state index >= 15 is 0 Å². The van der Waals surface area contributed by atoms with E-state index in [1.807, 2.05) is 0 Å². The number of halogens is 1. The maximum atomic E-state index is 13.6. The number of anilines is 1. The molecule has 20 heavy (non-hydrogen) atoms. The zero-order valence-electron chi connectivity index (χ0n) is 10.8. The number of carbonyl (C=O) groups excluding carboxylic acids is 1. The number of amides is 1. The van der Waals surface area contributed by atoms with E-state index in [9.17, 15) is 9.18 Å². The minimum absolute atomic E-state index is 0.184. The highest BCUT2D eigenvalue weighted by molar-refractivity contribution is 6.05. The van der Waals surface area contributed by atoms with Gasteiger partial charge in [0.25, 0.3) is 5.91 Å². The molecule has 0 aliphatic carbocycles. The average molecular weight is 271 g/mol. The lowest BCUT2D eigenvalue weighted by Crippen LogP contribution is -2.27. The zero-order valence-corrected chi connectivity index (χ0v) is 10.8. The standard InChI is InChI=1S/C15H14FN3O/c16-13-3-1-2-4-14(13)19-15(20)12-9-18-8-10-7-17-6-5-11(10)12/h1-4,8-9,17H,5-7H2,(H,19,20). The highest BCUT2D eigenvalue weighted by atomic mass is 19.1. The van der Waals surface area contributed by atoms with Crippen LogP contribution in [0.3, 0.4) is 0 Å². The van der Waals surface area contributed by atoms with Gasteiger partial charge in [0.2, 0.25) is 0 Å². The number of hydrogen-bond donors (Lipinski definition) is 2. The molecule has 1 aliphatic heterocycles. The number of para-hydroxylation sites is 1. The Morgan fingerprint density at radius 3 is 3.00 bits per heavy atom. The Morgan fingerprint density at radius 1 is 1.30 bits per heavy atom. The van der Waals surface area contributed by atoms with Crippen molar-refractivity contribution in [1.29, 1.82) is 0 Å². The Morgan fingerprint density at radius 2 is 2.15 bits per heavy atom. The van der Waals surface area contributed by atoms with Gasteiger partial charge in [-0.2, -0.15) is 0 Å². The first-order valence-electron chi connectivity index (χ1n) is 6.48. The van der Waals surface area contributed by atoms with Crippen LogP contribution >= 0.6 is 0 Å². The summed E-state index contributed by atoms with van der Waals surface area (Å²) >= 11 is 0. The molecular weight excluding hydrogens is 257 g/mol. The van der Waals surface area contributed by atoms with Crippen molar-refractivity contribution in [2.75, 3.05) is 11.9 Å². The summed E-state index contributed by atoms with van der Waals surface area (Å²) in [5.41, 5.74) is 2.72. The van der Waals surface area contributed by atoms with Crippen molar-refractivity contribution in [1.82, 2.24) is 10.3 Å². The number of benzene rings is 1. The van der Waals surface area contributed by atoms with Crippen LogP contribution in [0.1, 0.15) is 21.5 Å². The first-order chi connectivity index (χ1) is 9.75. The summed E-state index contributed by atoms with van der Waals surface area (Å²) in [5.74, 6) is -0.762. The smallest absolute Gasteiger partial charge is 0.257 e. The SMILES string of the molecule is O=C(Nc1ccccc1F)c1cncc2c1CCNC2. The Bertz CT molecular complexity index is 657. The lowest BCUT2D eigenvalue weighted by molar-refractivity contribution is 0.102. The topological polar surface area (TPSA) is 54.0 Å². The van der Waals surface area contributed by atoms with Crippen molar-refractivity contribution in [3.8, 4) is 0 Å². The minimum atomic E-state index is -0.444. The third kappa shape index (κ3) is 2.40. The van der Waals surface area contributed by atoms with Crippen molar-refractivity contribution in [2.24, 2.45) is 0 Å². The Kier molecular flexibility index (Phi) is 3.43. The molecule has 102 valence electrons. The van der Waals surface area contributed by atoms with Crippen LogP contribution in [0.15, 0.2) is 36.7 Å². The number of aromatic nitrogens is 1. The third-order valence-electron chi connectivity index (χ3n) is 3.38. The van der Waals surface area contributed by atoms with Crippen molar-refractivity contribution < 1.29 is 9.18 Å². The molecule has 5 heteroatoms. The van der Waals surface area contributed by atoms with Crippen molar-refractivity contribution >= 4 is 11.6 Å². The maximum Gasteiger partial charge on any atom is 0.257 e. The van der Waals surface area contributed by atoms with Gasteiger partial charge in [0.15, 0.2) is 0 Å². The Hall–Kier alpha value is -2.27. The predicted octanol–water partition coefficient (Wildman–Crippen LogP) is 2.12. The number of pyridine rings is 1. The molecule has 0 unspecified atom stereocenters. The number of nitrogens with zero attached hydrogens (tertiary/aromatic N) is 1. The minimum Gasteiger partial charge on any atom is -0.319 e. The highest BCUT2D eigenvalue weighted by Crippen LogP contribution is 2.19. The van der Waals surface area contributed by atoms with Crippen LogP contribution in [0.25, 0.3) is 0 Å². The van der Waals surface area contributed by atoms with Crippen LogP contribution in [0.2, 0.25) is 0 Å². The van der Waals surface area contributed by atoms with Gasteiger partial charge < -0.3 is 10.6 Å². The van der Waals surface area contributed by atoms with Crippen LogP contribution < -0.4 is 10.6 Å². The zero-order chi connectivity index (χ0) is 13.9. The van der Waals surface area contributed by atoms with E-state index < -0.39 is 5.82 Å². The molecule has 0 radical (unpaired) electrons. The summed E-state index contributed by atoms with van der Waals surface area (Å²) in [6, 6.07) is 6.12. The average Bonchev–Trinajstić information content (AvgIpc) is 2.49. The van der Waals surface area contributed by atoms with Crippen molar-refractivity contribution in [3.05, 3.63) is 59.2 Å². The number of rotatable bonds is 2. The molecule has 1 aliphatic rings. The third-order valence-corrected chi connectivity index (χ3v) is 3.38. The number of hydrogen-bond acceptors (Lipinski definition) is 3. The van der Waals surface area contributed by atoms with Gasteiger partial charge in [0.1, 0.15) is 5.82 Å². The van der Waals surface area contributed by atoms with Gasteiger partial charge in [-0.15, -0.1) is 0 Å². The monoisotopic (exact) mass is 271 g/mol. The first-order valence-corrected chi connectivity index (χ1v) is 6.48. The van der Waals surface area contributed by atoms with Gasteiger partial charge in [-0.05, 0) is 36.2 Å². The van der Waals surface area contributed by atoms with Crippen LogP contribution in [0, 0.1) is 5.82 Å². The first kappa shape index (κ1) is 12.7. The molecule has 0 saturated carbocycles. The van der Waals surface area contributed by atoms with Gasteiger partial charge in [0.05, 0.1) is 11.3 Å². The van der Waals surface area contributed by atoms with Crippen LogP contribution in [-0.4, -0.2) is 17.4 Å². The van der Waals surface area contributed by atoms with Crippen LogP contribution in [0.5, 0.6) is 0 Å². The fourth-order valence-electron chi connectivity index (χ4n) is 2.36. The number of fused-ring (bicyclic) bond motifs is 1. The van der Waals surface area contributed by atoms with E-state index in [0.29, 0.717) is 12.1 Å². The molecular formula is C15H14FN3O. The second kappa shape index (κ2) is 5.38. The molecule has 0 bridgehead atoms. The van der Waals surface area contributed by atoms with E-state index in [1.165, 1.54) is 12.1 Å². The summed E-state index contributed by atoms with van der Waals surface area (Å²) in [4.78, 5) is 16.4. The molecule has 2 N–H and O–H groups in total. The summed E-state index contributed by atoms with van der Waals surface area (Å²) in [7, 11) is 0. The van der Waals surface area contributed by atoms with Crippen molar-refractivity contribution in [2.45, 2.75) is 13.0 Å². The van der Waals surface area contributed by atoms with E-state index in [1.54, 1.807) is 24.5 Å². The largest absolute Gasteiger partial charge is 0.319 e. The summed E-state index contributed by atoms with van der Waals surface area (Å²) in [6.45, 7) is 1.54. The summed E-state index contributed by atoms with van der Waals surface area (Å²) in [5, 5.41) is 5.84. The van der Waals surface area contributed by atoms with Crippen LogP contribution in [-0.2, 0) is 13.0 Å². The van der Waals surface area contributed by atoms with Gasteiger partial charge in [-0.3, -0.25) is 9.78 Å². The molecule has 3 rings (SSSR count). The fourth-order valence-corrected chi connectivity index (χ4v) is 2.36. The quantitative estimate of drug-likeness (QED) is 0.879. The van der Waals surface area contributed by atoms with E-state index in [2.05, 4.69) is 15.6 Å². The van der Waals surface area contributed by atoms with Crippen molar-refractivity contribution in [3.63, 3.8) is 0 Å². The van der Waals surface area contributed by atoms with E-state index in [4.69, 9.17) is 0 Å². The molecule has 2 heterocycles. The molecule has 0 atom stereocenters.